The molecule has 25 heavy (non-hydrogen) atoms. The van der Waals surface area contributed by atoms with Crippen LogP contribution in [0.2, 0.25) is 0 Å². The van der Waals surface area contributed by atoms with E-state index in [4.69, 9.17) is 14.5 Å². The quantitative estimate of drug-likeness (QED) is 0.565. The Hall–Kier alpha value is -3.34. The third kappa shape index (κ3) is 2.70. The number of imidazole rings is 1. The highest BCUT2D eigenvalue weighted by Gasteiger charge is 2.12. The Balaban J connectivity index is 1.92. The van der Waals surface area contributed by atoms with E-state index in [1.807, 2.05) is 65.2 Å². The average molecular weight is 331 g/mol. The Labute approximate surface area is 145 Å². The van der Waals surface area contributed by atoms with E-state index in [2.05, 4.69) is 4.98 Å². The van der Waals surface area contributed by atoms with Gasteiger partial charge in [-0.3, -0.25) is 4.40 Å². The molecule has 0 saturated heterocycles. The van der Waals surface area contributed by atoms with Gasteiger partial charge in [-0.25, -0.2) is 9.97 Å². The number of ether oxygens (including phenoxy) is 2. The molecule has 0 atom stereocenters. The zero-order chi connectivity index (χ0) is 17.2. The van der Waals surface area contributed by atoms with Crippen molar-refractivity contribution in [1.82, 2.24) is 14.4 Å². The predicted molar refractivity (Wildman–Crippen MR) is 97.0 cm³/mol. The lowest BCUT2D eigenvalue weighted by Crippen LogP contribution is -1.98. The molecule has 0 aliphatic rings. The largest absolute Gasteiger partial charge is 0.493 e. The first-order valence-corrected chi connectivity index (χ1v) is 7.92. The third-order valence-electron chi connectivity index (χ3n) is 4.10. The molecule has 0 aliphatic carbocycles. The zero-order valence-electron chi connectivity index (χ0n) is 14.0. The van der Waals surface area contributed by atoms with Crippen LogP contribution in [0.4, 0.5) is 0 Å². The van der Waals surface area contributed by atoms with Crippen molar-refractivity contribution < 1.29 is 9.47 Å². The summed E-state index contributed by atoms with van der Waals surface area (Å²) in [5.74, 6) is 2.21. The maximum atomic E-state index is 5.41. The monoisotopic (exact) mass is 331 g/mol. The van der Waals surface area contributed by atoms with Crippen LogP contribution in [-0.2, 0) is 0 Å². The molecule has 0 unspecified atom stereocenters. The lowest BCUT2D eigenvalue weighted by atomic mass is 10.1. The topological polar surface area (TPSA) is 48.7 Å². The van der Waals surface area contributed by atoms with E-state index in [1.54, 1.807) is 20.4 Å². The second kappa shape index (κ2) is 6.28. The molecule has 0 bridgehead atoms. The van der Waals surface area contributed by atoms with Crippen molar-refractivity contribution in [2.75, 3.05) is 14.2 Å². The molecule has 0 N–H and O–H groups in total. The van der Waals surface area contributed by atoms with Crippen molar-refractivity contribution in [2.45, 2.75) is 0 Å². The molecule has 124 valence electrons. The molecule has 0 spiro atoms. The van der Waals surface area contributed by atoms with Crippen molar-refractivity contribution >= 4 is 5.65 Å². The summed E-state index contributed by atoms with van der Waals surface area (Å²) in [6, 6.07) is 17.8. The Morgan fingerprint density at radius 3 is 2.40 bits per heavy atom. The van der Waals surface area contributed by atoms with Gasteiger partial charge in [0.15, 0.2) is 11.5 Å². The minimum atomic E-state index is 0.672. The number of aromatic nitrogens is 3. The molecule has 0 fully saturated rings. The average Bonchev–Trinajstić information content (AvgIpc) is 3.16. The van der Waals surface area contributed by atoms with Crippen LogP contribution in [0.5, 0.6) is 11.5 Å². The summed E-state index contributed by atoms with van der Waals surface area (Å²) >= 11 is 0. The molecule has 4 aromatic rings. The normalized spacial score (nSPS) is 10.8. The van der Waals surface area contributed by atoms with E-state index < -0.39 is 0 Å². The van der Waals surface area contributed by atoms with Gasteiger partial charge in [0, 0.05) is 29.6 Å². The highest BCUT2D eigenvalue weighted by molar-refractivity contribution is 5.71. The smallest absolute Gasteiger partial charge is 0.161 e. The fraction of sp³-hybridized carbons (Fsp3) is 0.100. The van der Waals surface area contributed by atoms with Crippen molar-refractivity contribution in [3.05, 3.63) is 67.0 Å². The molecule has 0 amide bonds. The number of benzene rings is 2. The molecule has 2 aromatic heterocycles. The Kier molecular flexibility index (Phi) is 3.82. The molecule has 0 saturated carbocycles. The first-order valence-electron chi connectivity index (χ1n) is 7.92. The highest BCUT2D eigenvalue weighted by Crippen LogP contribution is 2.32. The molecule has 4 rings (SSSR count). The van der Waals surface area contributed by atoms with Gasteiger partial charge >= 0.3 is 0 Å². The first kappa shape index (κ1) is 15.2. The van der Waals surface area contributed by atoms with Crippen LogP contribution in [0, 0.1) is 0 Å². The minimum Gasteiger partial charge on any atom is -0.493 e. The molecule has 0 radical (unpaired) electrons. The number of methoxy groups -OCH3 is 2. The number of fused-ring (bicyclic) bond motifs is 1. The van der Waals surface area contributed by atoms with Gasteiger partial charge in [0.1, 0.15) is 11.5 Å². The van der Waals surface area contributed by atoms with Crippen LogP contribution in [0.1, 0.15) is 0 Å². The number of hydrogen-bond donors (Lipinski definition) is 0. The summed E-state index contributed by atoms with van der Waals surface area (Å²) in [6.07, 6.45) is 3.70. The van der Waals surface area contributed by atoms with Crippen molar-refractivity contribution in [1.29, 1.82) is 0 Å². The van der Waals surface area contributed by atoms with E-state index in [-0.39, 0.29) is 0 Å². The number of rotatable bonds is 4. The van der Waals surface area contributed by atoms with Gasteiger partial charge < -0.3 is 9.47 Å². The fourth-order valence-corrected chi connectivity index (χ4v) is 2.86. The number of hydrogen-bond acceptors (Lipinski definition) is 4. The summed E-state index contributed by atoms with van der Waals surface area (Å²) in [7, 11) is 3.25. The van der Waals surface area contributed by atoms with E-state index in [9.17, 15) is 0 Å². The lowest BCUT2D eigenvalue weighted by molar-refractivity contribution is 0.355. The van der Waals surface area contributed by atoms with E-state index in [0.29, 0.717) is 11.5 Å². The van der Waals surface area contributed by atoms with Crippen molar-refractivity contribution in [3.63, 3.8) is 0 Å². The number of nitrogens with zero attached hydrogens (tertiary/aromatic N) is 3. The van der Waals surface area contributed by atoms with Gasteiger partial charge in [-0.05, 0) is 18.2 Å². The van der Waals surface area contributed by atoms with Gasteiger partial charge in [-0.2, -0.15) is 0 Å². The van der Waals surface area contributed by atoms with Crippen LogP contribution >= 0.6 is 0 Å². The third-order valence-corrected chi connectivity index (χ3v) is 4.10. The Morgan fingerprint density at radius 2 is 1.64 bits per heavy atom. The van der Waals surface area contributed by atoms with Crippen LogP contribution in [0.3, 0.4) is 0 Å². The second-order valence-electron chi connectivity index (χ2n) is 5.56. The van der Waals surface area contributed by atoms with Gasteiger partial charge in [-0.15, -0.1) is 0 Å². The lowest BCUT2D eigenvalue weighted by Gasteiger charge is -2.11. The molecular formula is C20H17N3O2. The van der Waals surface area contributed by atoms with Gasteiger partial charge in [0.05, 0.1) is 19.9 Å². The standard InChI is InChI=1S/C20H17N3O2/c1-24-17-9-8-15(12-18(17)25-2)16-13-19-21-10-11-23(19)20(22-16)14-6-4-3-5-7-14/h3-13H,1-2H3. The molecule has 5 nitrogen and oxygen atoms in total. The summed E-state index contributed by atoms with van der Waals surface area (Å²) in [5.41, 5.74) is 3.66. The zero-order valence-corrected chi connectivity index (χ0v) is 14.0. The van der Waals surface area contributed by atoms with Gasteiger partial charge in [-0.1, -0.05) is 30.3 Å². The minimum absolute atomic E-state index is 0.672. The first-order chi connectivity index (χ1) is 12.3. The van der Waals surface area contributed by atoms with Crippen LogP contribution < -0.4 is 9.47 Å². The van der Waals surface area contributed by atoms with Crippen LogP contribution in [0.25, 0.3) is 28.3 Å². The van der Waals surface area contributed by atoms with E-state index in [0.717, 1.165) is 28.3 Å². The molecule has 5 heteroatoms. The fourth-order valence-electron chi connectivity index (χ4n) is 2.86. The maximum absolute atomic E-state index is 5.41. The van der Waals surface area contributed by atoms with Crippen LogP contribution in [-0.4, -0.2) is 28.6 Å². The SMILES string of the molecule is COc1ccc(-c2cc3nccn3c(-c3ccccc3)n2)cc1OC. The van der Waals surface area contributed by atoms with E-state index in [1.165, 1.54) is 0 Å². The van der Waals surface area contributed by atoms with Gasteiger partial charge in [0.25, 0.3) is 0 Å². The molecule has 2 aromatic carbocycles. The molecule has 2 heterocycles. The summed E-state index contributed by atoms with van der Waals surface area (Å²) in [4.78, 5) is 9.31. The Morgan fingerprint density at radius 1 is 0.840 bits per heavy atom. The molecular weight excluding hydrogens is 314 g/mol. The maximum Gasteiger partial charge on any atom is 0.161 e. The predicted octanol–water partition coefficient (Wildman–Crippen LogP) is 4.08. The second-order valence-corrected chi connectivity index (χ2v) is 5.56. The summed E-state index contributed by atoms with van der Waals surface area (Å²) < 4.78 is 12.7. The van der Waals surface area contributed by atoms with Crippen LogP contribution in [0.15, 0.2) is 67.0 Å². The summed E-state index contributed by atoms with van der Waals surface area (Å²) in [5, 5.41) is 0. The summed E-state index contributed by atoms with van der Waals surface area (Å²) in [6.45, 7) is 0. The van der Waals surface area contributed by atoms with E-state index >= 15 is 0 Å². The van der Waals surface area contributed by atoms with Crippen molar-refractivity contribution in [2.24, 2.45) is 0 Å². The Bertz CT molecular complexity index is 1030. The van der Waals surface area contributed by atoms with Crippen molar-refractivity contribution in [3.8, 4) is 34.1 Å². The highest BCUT2D eigenvalue weighted by atomic mass is 16.5. The molecule has 0 aliphatic heterocycles. The van der Waals surface area contributed by atoms with Gasteiger partial charge in [0.2, 0.25) is 0 Å².